The number of nitrogens with zero attached hydrogens (tertiary/aromatic N) is 2. The molecule has 5 atom stereocenters. The van der Waals surface area contributed by atoms with E-state index in [0.717, 1.165) is 43.2 Å². The molecule has 0 spiro atoms. The van der Waals surface area contributed by atoms with Gasteiger partial charge < -0.3 is 25.7 Å². The van der Waals surface area contributed by atoms with Crippen LogP contribution in [0.4, 0.5) is 0 Å². The Labute approximate surface area is 305 Å². The average molecular weight is 721 g/mol. The van der Waals surface area contributed by atoms with Crippen LogP contribution in [-0.2, 0) is 32.6 Å². The van der Waals surface area contributed by atoms with Gasteiger partial charge in [-0.05, 0) is 43.4 Å². The number of hydrogen-bond acceptors (Lipinski definition) is 7. The fourth-order valence-electron chi connectivity index (χ4n) is 6.57. The summed E-state index contributed by atoms with van der Waals surface area (Å²) in [6.45, 7) is 1.37. The number of carbonyl (C=O) groups is 2. The Morgan fingerprint density at radius 2 is 1.51 bits per heavy atom. The van der Waals surface area contributed by atoms with Crippen molar-refractivity contribution in [3.05, 3.63) is 71.8 Å². The van der Waals surface area contributed by atoms with Gasteiger partial charge in [0.2, 0.25) is 21.8 Å². The second kappa shape index (κ2) is 21.6. The molecule has 1 saturated carbocycles. The first-order valence-corrected chi connectivity index (χ1v) is 19.6. The van der Waals surface area contributed by atoms with Gasteiger partial charge in [0, 0.05) is 39.5 Å². The molecule has 0 saturated heterocycles. The van der Waals surface area contributed by atoms with Crippen LogP contribution in [-0.4, -0.2) is 96.9 Å². The zero-order valence-corrected chi connectivity index (χ0v) is 30.9. The lowest BCUT2D eigenvalue weighted by molar-refractivity contribution is -0.132. The lowest BCUT2D eigenvalue weighted by atomic mass is 9.82. The van der Waals surface area contributed by atoms with Gasteiger partial charge in [-0.3, -0.25) is 9.59 Å². The summed E-state index contributed by atoms with van der Waals surface area (Å²) in [4.78, 5) is 29.7. The molecule has 10 nitrogen and oxygen atoms in total. The number of benzene rings is 2. The summed E-state index contributed by atoms with van der Waals surface area (Å²) in [5, 5.41) is 27.4. The molecule has 0 radical (unpaired) electrons. The fraction of sp³-hybridized carbons (Fsp3) is 0.550. The number of terminal acetylenes is 2. The van der Waals surface area contributed by atoms with Crippen molar-refractivity contribution in [1.82, 2.24) is 19.8 Å². The molecule has 2 amide bonds. The van der Waals surface area contributed by atoms with Crippen molar-refractivity contribution >= 4 is 21.8 Å². The maximum absolute atomic E-state index is 13.9. The molecule has 2 aromatic rings. The smallest absolute Gasteiger partial charge is 0.243 e. The average Bonchev–Trinajstić information content (AvgIpc) is 3.12. The Bertz CT molecular complexity index is 1540. The second-order valence-corrected chi connectivity index (χ2v) is 16.0. The predicted molar refractivity (Wildman–Crippen MR) is 201 cm³/mol. The minimum Gasteiger partial charge on any atom is -0.390 e. The van der Waals surface area contributed by atoms with Crippen molar-refractivity contribution in [2.45, 2.75) is 95.0 Å². The molecule has 3 rings (SSSR count). The van der Waals surface area contributed by atoms with Gasteiger partial charge in [0.05, 0.1) is 23.8 Å². The van der Waals surface area contributed by atoms with Crippen LogP contribution in [0.25, 0.3) is 0 Å². The van der Waals surface area contributed by atoms with Crippen molar-refractivity contribution in [2.75, 3.05) is 32.9 Å². The summed E-state index contributed by atoms with van der Waals surface area (Å²) >= 11 is 0. The van der Waals surface area contributed by atoms with Crippen LogP contribution in [0, 0.1) is 36.5 Å². The molecule has 278 valence electrons. The number of nitrogens with one attached hydrogen (secondary N) is 2. The Kier molecular flexibility index (Phi) is 17.7. The quantitative estimate of drug-likeness (QED) is 0.145. The van der Waals surface area contributed by atoms with E-state index in [9.17, 15) is 28.2 Å². The molecule has 4 N–H and O–H groups in total. The van der Waals surface area contributed by atoms with E-state index in [1.54, 1.807) is 0 Å². The highest BCUT2D eigenvalue weighted by atomic mass is 32.2. The van der Waals surface area contributed by atoms with Crippen molar-refractivity contribution in [3.8, 4) is 24.7 Å². The standard InChI is InChI=1S/C40H56N4O6S/c1-5-7-24-37(45)38(46)36(28-32-20-13-9-14-21-32)42-40(48)35(17-6-2)41-39(47)34(27-31-18-11-8-12-19-31)30-51(49,50)44(4)26-25-43(3)29-33-22-15-10-16-23-33/h1-2,8,10-12,15-16,18-19,22-23,32,34-38,45-46H,7,9,13-14,17,20-21,24-30H2,3-4H3,(H,41,47)(H,42,48). The van der Waals surface area contributed by atoms with Crippen LogP contribution in [0.1, 0.15) is 68.9 Å². The van der Waals surface area contributed by atoms with Crippen LogP contribution in [0.5, 0.6) is 0 Å². The second-order valence-electron chi connectivity index (χ2n) is 13.8. The largest absolute Gasteiger partial charge is 0.390 e. The summed E-state index contributed by atoms with van der Waals surface area (Å²) in [5.41, 5.74) is 1.89. The number of aliphatic hydroxyl groups is 2. The highest BCUT2D eigenvalue weighted by Crippen LogP contribution is 2.29. The van der Waals surface area contributed by atoms with Crippen LogP contribution >= 0.6 is 0 Å². The molecule has 51 heavy (non-hydrogen) atoms. The summed E-state index contributed by atoms with van der Waals surface area (Å²) in [6, 6.07) is 17.0. The molecule has 0 aromatic heterocycles. The zero-order valence-electron chi connectivity index (χ0n) is 30.1. The molecule has 0 bridgehead atoms. The molecule has 11 heteroatoms. The van der Waals surface area contributed by atoms with E-state index < -0.39 is 57.8 Å². The maximum atomic E-state index is 13.9. The molecule has 1 fully saturated rings. The van der Waals surface area contributed by atoms with E-state index in [0.29, 0.717) is 19.5 Å². The van der Waals surface area contributed by atoms with Gasteiger partial charge >= 0.3 is 0 Å². The molecule has 5 unspecified atom stereocenters. The molecular formula is C40H56N4O6S. The topological polar surface area (TPSA) is 139 Å². The van der Waals surface area contributed by atoms with Gasteiger partial charge in [0.15, 0.2) is 0 Å². The number of likely N-dealkylation sites (N-methyl/N-ethyl adjacent to an activating group) is 2. The van der Waals surface area contributed by atoms with Gasteiger partial charge in [-0.25, -0.2) is 12.7 Å². The van der Waals surface area contributed by atoms with Gasteiger partial charge in [0.1, 0.15) is 12.1 Å². The van der Waals surface area contributed by atoms with E-state index >= 15 is 0 Å². The summed E-state index contributed by atoms with van der Waals surface area (Å²) < 4.78 is 28.6. The zero-order chi connectivity index (χ0) is 37.2. The van der Waals surface area contributed by atoms with Crippen LogP contribution in [0.3, 0.4) is 0 Å². The Balaban J connectivity index is 1.74. The summed E-state index contributed by atoms with van der Waals surface area (Å²) in [6.07, 6.45) is 14.6. The number of rotatable bonds is 21. The minimum atomic E-state index is -3.90. The molecule has 2 aromatic carbocycles. The third-order valence-electron chi connectivity index (χ3n) is 9.66. The van der Waals surface area contributed by atoms with Crippen molar-refractivity contribution < 1.29 is 28.2 Å². The number of aliphatic hydroxyl groups excluding tert-OH is 2. The van der Waals surface area contributed by atoms with Crippen LogP contribution < -0.4 is 10.6 Å². The van der Waals surface area contributed by atoms with E-state index in [-0.39, 0.29) is 38.1 Å². The molecule has 0 aliphatic heterocycles. The first kappa shape index (κ1) is 41.7. The third-order valence-corrected chi connectivity index (χ3v) is 11.6. The Morgan fingerprint density at radius 1 is 0.882 bits per heavy atom. The molecule has 1 aliphatic rings. The third kappa shape index (κ3) is 14.4. The number of carbonyl (C=O) groups excluding carboxylic acids is 2. The maximum Gasteiger partial charge on any atom is 0.243 e. The van der Waals surface area contributed by atoms with E-state index in [1.165, 1.54) is 11.4 Å². The van der Waals surface area contributed by atoms with Crippen molar-refractivity contribution in [3.63, 3.8) is 0 Å². The Hall–Kier alpha value is -3.71. The minimum absolute atomic E-state index is 0.127. The van der Waals surface area contributed by atoms with Gasteiger partial charge in [-0.15, -0.1) is 24.7 Å². The molecule has 0 heterocycles. The van der Waals surface area contributed by atoms with Gasteiger partial charge in [-0.1, -0.05) is 92.8 Å². The number of amides is 2. The van der Waals surface area contributed by atoms with Crippen molar-refractivity contribution in [2.24, 2.45) is 11.8 Å². The Morgan fingerprint density at radius 3 is 2.12 bits per heavy atom. The van der Waals surface area contributed by atoms with Gasteiger partial charge in [0.25, 0.3) is 0 Å². The van der Waals surface area contributed by atoms with Gasteiger partial charge in [-0.2, -0.15) is 0 Å². The first-order chi connectivity index (χ1) is 24.4. The predicted octanol–water partition coefficient (Wildman–Crippen LogP) is 3.34. The van der Waals surface area contributed by atoms with E-state index in [4.69, 9.17) is 12.8 Å². The highest BCUT2D eigenvalue weighted by molar-refractivity contribution is 7.89. The van der Waals surface area contributed by atoms with E-state index in [2.05, 4.69) is 22.5 Å². The van der Waals surface area contributed by atoms with Crippen LogP contribution in [0.2, 0.25) is 0 Å². The van der Waals surface area contributed by atoms with Crippen LogP contribution in [0.15, 0.2) is 60.7 Å². The summed E-state index contributed by atoms with van der Waals surface area (Å²) in [5.74, 6) is 2.45. The van der Waals surface area contributed by atoms with Crippen molar-refractivity contribution in [1.29, 1.82) is 0 Å². The normalized spacial score (nSPS) is 16.7. The number of hydrogen-bond donors (Lipinski definition) is 4. The molecule has 1 aliphatic carbocycles. The fourth-order valence-corrected chi connectivity index (χ4v) is 7.96. The summed E-state index contributed by atoms with van der Waals surface area (Å²) in [7, 11) is -0.465. The van der Waals surface area contributed by atoms with E-state index in [1.807, 2.05) is 72.6 Å². The lowest BCUT2D eigenvalue weighted by Gasteiger charge is -2.33. The number of sulfonamides is 1. The monoisotopic (exact) mass is 720 g/mol. The SMILES string of the molecule is C#CCCC(O)C(O)C(CC1CCCCC1)NC(=O)C(CC#C)NC(=O)C(Cc1ccccc1)CS(=O)(=O)N(C)CCN(C)Cc1ccccc1. The lowest BCUT2D eigenvalue weighted by Crippen LogP contribution is -2.56. The molecular weight excluding hydrogens is 665 g/mol. The first-order valence-electron chi connectivity index (χ1n) is 18.0. The highest BCUT2D eigenvalue weighted by Gasteiger charge is 2.35.